The fourth-order valence-electron chi connectivity index (χ4n) is 5.94. The SMILES string of the molecule is COc1c2cc(c(O[C@@H]3O[C@H](COC(=O)c4cc(O)c(O)c(O)c4)[C@@H](O)[C@H](O)[C@H]3O)c1OC)CCCC[C@@H](O)CCc1ccc(O)c-2c1. The zero-order valence-corrected chi connectivity index (χ0v) is 26.4. The highest BCUT2D eigenvalue weighted by Crippen LogP contribution is 2.50. The fraction of sp³-hybridized carbons (Fsp3) is 0.441. The maximum absolute atomic E-state index is 12.6. The number of hydrogen-bond donors (Lipinski definition) is 8. The molecule has 14 heteroatoms. The average Bonchev–Trinajstić information content (AvgIpc) is 3.08. The van der Waals surface area contributed by atoms with Crippen LogP contribution in [0.25, 0.3) is 11.1 Å². The molecule has 5 rings (SSSR count). The number of benzene rings is 3. The lowest BCUT2D eigenvalue weighted by Gasteiger charge is -2.40. The van der Waals surface area contributed by atoms with Gasteiger partial charge in [0.2, 0.25) is 12.0 Å². The van der Waals surface area contributed by atoms with Crippen molar-refractivity contribution in [3.63, 3.8) is 0 Å². The molecule has 0 amide bonds. The molecule has 0 spiro atoms. The minimum Gasteiger partial charge on any atom is -0.507 e. The molecule has 260 valence electrons. The van der Waals surface area contributed by atoms with Gasteiger partial charge >= 0.3 is 5.97 Å². The monoisotopic (exact) mass is 672 g/mol. The number of ether oxygens (including phenoxy) is 5. The first-order valence-electron chi connectivity index (χ1n) is 15.5. The summed E-state index contributed by atoms with van der Waals surface area (Å²) in [6, 6.07) is 8.69. The number of methoxy groups -OCH3 is 2. The average molecular weight is 673 g/mol. The summed E-state index contributed by atoms with van der Waals surface area (Å²) in [5, 5.41) is 82.7. The van der Waals surface area contributed by atoms with Crippen molar-refractivity contribution in [1.29, 1.82) is 0 Å². The number of aliphatic hydroxyl groups is 4. The van der Waals surface area contributed by atoms with Gasteiger partial charge in [0.15, 0.2) is 28.7 Å². The highest BCUT2D eigenvalue weighted by atomic mass is 16.7. The van der Waals surface area contributed by atoms with Crippen LogP contribution in [0.15, 0.2) is 36.4 Å². The molecule has 8 N–H and O–H groups in total. The zero-order valence-electron chi connectivity index (χ0n) is 26.4. The minimum absolute atomic E-state index is 0.00703. The first kappa shape index (κ1) is 34.9. The molecule has 3 aromatic carbocycles. The molecule has 1 saturated heterocycles. The van der Waals surface area contributed by atoms with Crippen molar-refractivity contribution in [3.8, 4) is 51.4 Å². The number of phenolic OH excluding ortho intramolecular Hbond substituents is 4. The number of carbonyl (C=O) groups is 1. The topological polar surface area (TPSA) is 225 Å². The van der Waals surface area contributed by atoms with E-state index in [0.29, 0.717) is 55.2 Å². The van der Waals surface area contributed by atoms with E-state index in [0.717, 1.165) is 17.7 Å². The van der Waals surface area contributed by atoms with E-state index in [-0.39, 0.29) is 28.6 Å². The number of carbonyl (C=O) groups excluding carboxylic acids is 1. The van der Waals surface area contributed by atoms with E-state index in [1.165, 1.54) is 14.2 Å². The van der Waals surface area contributed by atoms with Gasteiger partial charge in [-0.2, -0.15) is 0 Å². The third-order valence-electron chi connectivity index (χ3n) is 8.61. The summed E-state index contributed by atoms with van der Waals surface area (Å²) in [6.07, 6.45) is -5.37. The lowest BCUT2D eigenvalue weighted by Crippen LogP contribution is -2.60. The van der Waals surface area contributed by atoms with E-state index in [2.05, 4.69) is 0 Å². The van der Waals surface area contributed by atoms with Crippen LogP contribution in [0.5, 0.6) is 40.2 Å². The van der Waals surface area contributed by atoms with Crippen molar-refractivity contribution < 1.29 is 69.3 Å². The number of aromatic hydroxyl groups is 4. The van der Waals surface area contributed by atoms with Crippen LogP contribution in [0.3, 0.4) is 0 Å². The predicted molar refractivity (Wildman–Crippen MR) is 168 cm³/mol. The summed E-state index contributed by atoms with van der Waals surface area (Å²) >= 11 is 0. The molecule has 6 atom stereocenters. The largest absolute Gasteiger partial charge is 0.507 e. The molecule has 0 unspecified atom stereocenters. The molecule has 14 nitrogen and oxygen atoms in total. The third kappa shape index (κ3) is 7.17. The molecular formula is C34H40O14. The molecule has 1 aliphatic carbocycles. The highest BCUT2D eigenvalue weighted by Gasteiger charge is 2.46. The van der Waals surface area contributed by atoms with Crippen LogP contribution in [-0.2, 0) is 22.3 Å². The maximum atomic E-state index is 12.6. The van der Waals surface area contributed by atoms with E-state index in [1.807, 2.05) is 6.07 Å². The summed E-state index contributed by atoms with van der Waals surface area (Å²) < 4.78 is 28.7. The first-order valence-corrected chi connectivity index (χ1v) is 15.5. The van der Waals surface area contributed by atoms with Gasteiger partial charge in [-0.05, 0) is 73.6 Å². The van der Waals surface area contributed by atoms with Crippen molar-refractivity contribution in [2.45, 2.75) is 75.3 Å². The van der Waals surface area contributed by atoms with E-state index >= 15 is 0 Å². The Hall–Kier alpha value is -4.47. The maximum Gasteiger partial charge on any atom is 0.338 e. The van der Waals surface area contributed by atoms with Crippen LogP contribution >= 0.6 is 0 Å². The molecule has 3 aromatic rings. The minimum atomic E-state index is -1.80. The molecule has 0 radical (unpaired) electrons. The first-order chi connectivity index (χ1) is 22.9. The van der Waals surface area contributed by atoms with Crippen LogP contribution in [0.1, 0.15) is 47.2 Å². The number of rotatable bonds is 7. The number of aliphatic hydroxyl groups excluding tert-OH is 4. The molecule has 48 heavy (non-hydrogen) atoms. The Labute approximate surface area is 275 Å². The second-order valence-electron chi connectivity index (χ2n) is 11.9. The summed E-state index contributed by atoms with van der Waals surface area (Å²) in [5.74, 6) is -3.00. The summed E-state index contributed by atoms with van der Waals surface area (Å²) in [7, 11) is 2.80. The van der Waals surface area contributed by atoms with Crippen molar-refractivity contribution in [2.75, 3.05) is 20.8 Å². The summed E-state index contributed by atoms with van der Waals surface area (Å²) in [6.45, 7) is -0.643. The van der Waals surface area contributed by atoms with Gasteiger partial charge in [-0.1, -0.05) is 12.5 Å². The lowest BCUT2D eigenvalue weighted by molar-refractivity contribution is -0.277. The lowest BCUT2D eigenvalue weighted by atomic mass is 9.95. The van der Waals surface area contributed by atoms with Gasteiger partial charge in [0, 0.05) is 11.1 Å². The van der Waals surface area contributed by atoms with Crippen molar-refractivity contribution >= 4 is 5.97 Å². The van der Waals surface area contributed by atoms with Crippen LogP contribution in [0.2, 0.25) is 0 Å². The molecule has 0 aromatic heterocycles. The number of fused-ring (bicyclic) bond motifs is 5. The molecule has 1 fully saturated rings. The Morgan fingerprint density at radius 1 is 0.771 bits per heavy atom. The van der Waals surface area contributed by atoms with Crippen molar-refractivity contribution in [2.24, 2.45) is 0 Å². The molecule has 1 aliphatic heterocycles. The molecule has 4 bridgehead atoms. The smallest absolute Gasteiger partial charge is 0.338 e. The molecule has 2 aliphatic rings. The van der Waals surface area contributed by atoms with Crippen LogP contribution in [-0.4, -0.2) is 104 Å². The predicted octanol–water partition coefficient (Wildman–Crippen LogP) is 2.26. The molecular weight excluding hydrogens is 632 g/mol. The van der Waals surface area contributed by atoms with Gasteiger partial charge in [0.05, 0.1) is 25.9 Å². The zero-order chi connectivity index (χ0) is 34.7. The van der Waals surface area contributed by atoms with Gasteiger partial charge in [-0.3, -0.25) is 0 Å². The van der Waals surface area contributed by atoms with Gasteiger partial charge in [-0.25, -0.2) is 4.79 Å². The van der Waals surface area contributed by atoms with Crippen molar-refractivity contribution in [1.82, 2.24) is 0 Å². The number of hydrogen-bond acceptors (Lipinski definition) is 14. The van der Waals surface area contributed by atoms with E-state index in [4.69, 9.17) is 23.7 Å². The van der Waals surface area contributed by atoms with Crippen molar-refractivity contribution in [3.05, 3.63) is 53.1 Å². The second-order valence-corrected chi connectivity index (χ2v) is 11.9. The normalized spacial score (nSPS) is 24.4. The standard InChI is InChI=1S/C34H40O14/c1-44-31-21-12-17(5-3-4-6-19(35)9-7-16-8-10-22(36)20(21)11-16)30(32(31)45-2)48-34-29(42)28(41)27(40)25(47-34)15-46-33(43)18-13-23(37)26(39)24(38)14-18/h8,10-14,19,25,27-29,34-42H,3-7,9,15H2,1-2H3/t19-,25-,27-,28+,29-,34+/m1/s1. The summed E-state index contributed by atoms with van der Waals surface area (Å²) in [5.41, 5.74) is 2.14. The second kappa shape index (κ2) is 14.7. The Morgan fingerprint density at radius 3 is 2.17 bits per heavy atom. The van der Waals surface area contributed by atoms with E-state index in [1.54, 1.807) is 18.2 Å². The van der Waals surface area contributed by atoms with Gasteiger partial charge in [0.25, 0.3) is 0 Å². The molecule has 0 saturated carbocycles. The Morgan fingerprint density at radius 2 is 1.48 bits per heavy atom. The number of esters is 1. The van der Waals surface area contributed by atoms with Gasteiger partial charge < -0.3 is 64.5 Å². The van der Waals surface area contributed by atoms with Crippen LogP contribution in [0.4, 0.5) is 0 Å². The number of aryl methyl sites for hydroxylation is 2. The van der Waals surface area contributed by atoms with Crippen LogP contribution < -0.4 is 14.2 Å². The number of phenols is 4. The van der Waals surface area contributed by atoms with Gasteiger partial charge in [0.1, 0.15) is 36.8 Å². The highest BCUT2D eigenvalue weighted by molar-refractivity contribution is 5.91. The van der Waals surface area contributed by atoms with Gasteiger partial charge in [-0.15, -0.1) is 0 Å². The van der Waals surface area contributed by atoms with Crippen LogP contribution in [0, 0.1) is 0 Å². The van der Waals surface area contributed by atoms with E-state index < -0.39 is 66.6 Å². The summed E-state index contributed by atoms with van der Waals surface area (Å²) in [4.78, 5) is 12.6. The molecule has 1 heterocycles. The Bertz CT molecular complexity index is 1600. The quantitative estimate of drug-likeness (QED) is 0.133. The third-order valence-corrected chi connectivity index (χ3v) is 8.61. The Kier molecular flexibility index (Phi) is 10.7. The Balaban J connectivity index is 1.47. The fourth-order valence-corrected chi connectivity index (χ4v) is 5.94. The van der Waals surface area contributed by atoms with E-state index in [9.17, 15) is 45.6 Å².